The fraction of sp³-hybridized carbons (Fsp3) is 1.00. The van der Waals surface area contributed by atoms with E-state index in [1.54, 1.807) is 0 Å². The molecular formula is C8H17F2N. The smallest absolute Gasteiger partial charge is 0.102 e. The highest BCUT2D eigenvalue weighted by molar-refractivity contribution is 4.63. The maximum atomic E-state index is 11.7. The van der Waals surface area contributed by atoms with Crippen LogP contribution in [-0.2, 0) is 0 Å². The highest BCUT2D eigenvalue weighted by Gasteiger charge is 2.07. The van der Waals surface area contributed by atoms with Gasteiger partial charge in [-0.1, -0.05) is 6.42 Å². The molecule has 0 N–H and O–H groups in total. The van der Waals surface area contributed by atoms with E-state index in [1.807, 2.05) is 0 Å². The van der Waals surface area contributed by atoms with E-state index >= 15 is 0 Å². The quantitative estimate of drug-likeness (QED) is 0.605. The van der Waals surface area contributed by atoms with Crippen LogP contribution in [0.4, 0.5) is 8.78 Å². The van der Waals surface area contributed by atoms with Crippen LogP contribution in [0, 0.1) is 0 Å². The van der Waals surface area contributed by atoms with Gasteiger partial charge in [0.15, 0.2) is 0 Å². The predicted molar refractivity (Wildman–Crippen MR) is 43.3 cm³/mol. The first-order valence-electron chi connectivity index (χ1n) is 4.09. The summed E-state index contributed by atoms with van der Waals surface area (Å²) in [5.74, 6) is 0. The van der Waals surface area contributed by atoms with Crippen LogP contribution >= 0.6 is 0 Å². The van der Waals surface area contributed by atoms with Crippen molar-refractivity contribution in [3.8, 4) is 0 Å². The maximum Gasteiger partial charge on any atom is 0.102 e. The molecule has 11 heavy (non-hydrogen) atoms. The topological polar surface area (TPSA) is 3.24 Å². The normalized spacial score (nSPS) is 18.8. The highest BCUT2D eigenvalue weighted by atomic mass is 19.1. The van der Waals surface area contributed by atoms with Crippen LogP contribution in [0.1, 0.15) is 19.3 Å². The zero-order valence-corrected chi connectivity index (χ0v) is 7.15. The van der Waals surface area contributed by atoms with Crippen LogP contribution in [0.5, 0.6) is 0 Å². The second-order valence-corrected chi connectivity index (χ2v) is 2.59. The molecule has 1 aliphatic heterocycles. The van der Waals surface area contributed by atoms with E-state index < -0.39 is 0 Å². The molecule has 1 heterocycles. The summed E-state index contributed by atoms with van der Waals surface area (Å²) in [7, 11) is 0.500. The van der Waals surface area contributed by atoms with E-state index in [0.717, 1.165) is 13.1 Å². The predicted octanol–water partition coefficient (Wildman–Crippen LogP) is 2.03. The van der Waals surface area contributed by atoms with Gasteiger partial charge in [0.1, 0.15) is 6.67 Å². The second kappa shape index (κ2) is 7.92. The highest BCUT2D eigenvalue weighted by Crippen LogP contribution is 2.07. The summed E-state index contributed by atoms with van der Waals surface area (Å²) in [5, 5.41) is 0. The van der Waals surface area contributed by atoms with Crippen molar-refractivity contribution >= 4 is 0 Å². The van der Waals surface area contributed by atoms with Gasteiger partial charge < -0.3 is 4.90 Å². The van der Waals surface area contributed by atoms with E-state index in [2.05, 4.69) is 4.90 Å². The molecule has 0 aromatic carbocycles. The molecule has 1 aliphatic rings. The zero-order chi connectivity index (χ0) is 8.53. The molecule has 0 radical (unpaired) electrons. The van der Waals surface area contributed by atoms with E-state index in [9.17, 15) is 8.78 Å². The molecule has 1 rings (SSSR count). The van der Waals surface area contributed by atoms with Gasteiger partial charge >= 0.3 is 0 Å². The number of likely N-dealkylation sites (tertiary alicyclic amines) is 1. The number of rotatable bonds is 2. The van der Waals surface area contributed by atoms with Crippen molar-refractivity contribution in [2.45, 2.75) is 19.3 Å². The minimum Gasteiger partial charge on any atom is -0.301 e. The number of hydrogen-bond acceptors (Lipinski definition) is 1. The van der Waals surface area contributed by atoms with Crippen molar-refractivity contribution in [3.05, 3.63) is 0 Å². The van der Waals surface area contributed by atoms with Gasteiger partial charge in [-0.15, -0.1) is 0 Å². The number of piperidine rings is 1. The molecule has 0 spiro atoms. The standard InChI is InChI=1S/C7H14FN.CH3F/c8-4-7-9-5-2-1-3-6-9;1-2/h1-7H2;1H3. The van der Waals surface area contributed by atoms with E-state index in [1.165, 1.54) is 19.3 Å². The molecule has 0 amide bonds. The fourth-order valence-corrected chi connectivity index (χ4v) is 1.30. The Hall–Kier alpha value is -0.180. The molecule has 0 bridgehead atoms. The summed E-state index contributed by atoms with van der Waals surface area (Å²) in [6.45, 7) is 2.70. The first kappa shape index (κ1) is 10.8. The van der Waals surface area contributed by atoms with Gasteiger partial charge in [-0.05, 0) is 25.9 Å². The minimum atomic E-state index is -0.181. The third-order valence-corrected chi connectivity index (χ3v) is 1.85. The molecule has 68 valence electrons. The largest absolute Gasteiger partial charge is 0.301 e. The number of alkyl halides is 2. The fourth-order valence-electron chi connectivity index (χ4n) is 1.30. The van der Waals surface area contributed by atoms with Gasteiger partial charge in [0, 0.05) is 6.54 Å². The first-order chi connectivity index (χ1) is 5.43. The molecule has 1 saturated heterocycles. The third-order valence-electron chi connectivity index (χ3n) is 1.85. The lowest BCUT2D eigenvalue weighted by molar-refractivity contribution is 0.211. The molecule has 1 fully saturated rings. The first-order valence-corrected chi connectivity index (χ1v) is 4.09. The zero-order valence-electron chi connectivity index (χ0n) is 7.15. The van der Waals surface area contributed by atoms with Gasteiger partial charge in [0.05, 0.1) is 7.18 Å². The van der Waals surface area contributed by atoms with E-state index in [-0.39, 0.29) is 6.67 Å². The van der Waals surface area contributed by atoms with Crippen molar-refractivity contribution in [1.82, 2.24) is 4.90 Å². The second-order valence-electron chi connectivity index (χ2n) is 2.59. The van der Waals surface area contributed by atoms with Crippen molar-refractivity contribution in [3.63, 3.8) is 0 Å². The van der Waals surface area contributed by atoms with Crippen LogP contribution in [-0.4, -0.2) is 38.4 Å². The molecule has 3 heteroatoms. The lowest BCUT2D eigenvalue weighted by Gasteiger charge is -2.24. The van der Waals surface area contributed by atoms with Gasteiger partial charge in [-0.3, -0.25) is 4.39 Å². The van der Waals surface area contributed by atoms with Crippen molar-refractivity contribution in [1.29, 1.82) is 0 Å². The van der Waals surface area contributed by atoms with Crippen molar-refractivity contribution < 1.29 is 8.78 Å². The Morgan fingerprint density at radius 3 is 2.09 bits per heavy atom. The van der Waals surface area contributed by atoms with Crippen LogP contribution in [0.2, 0.25) is 0 Å². The Morgan fingerprint density at radius 2 is 1.64 bits per heavy atom. The van der Waals surface area contributed by atoms with Gasteiger partial charge in [0.2, 0.25) is 0 Å². The van der Waals surface area contributed by atoms with Gasteiger partial charge in [-0.25, -0.2) is 4.39 Å². The van der Waals surface area contributed by atoms with Crippen LogP contribution < -0.4 is 0 Å². The lowest BCUT2D eigenvalue weighted by Crippen LogP contribution is -2.31. The van der Waals surface area contributed by atoms with Crippen LogP contribution in [0.15, 0.2) is 0 Å². The third kappa shape index (κ3) is 5.13. The molecule has 0 aromatic heterocycles. The molecule has 0 saturated carbocycles. The van der Waals surface area contributed by atoms with Gasteiger partial charge in [0.25, 0.3) is 0 Å². The SMILES string of the molecule is CF.FCCN1CCCCC1. The number of halogens is 2. The van der Waals surface area contributed by atoms with Crippen molar-refractivity contribution in [2.75, 3.05) is 33.5 Å². The summed E-state index contributed by atoms with van der Waals surface area (Å²) in [6, 6.07) is 0. The molecule has 0 atom stereocenters. The van der Waals surface area contributed by atoms with E-state index in [0.29, 0.717) is 13.7 Å². The number of nitrogens with zero attached hydrogens (tertiary/aromatic N) is 1. The Balaban J connectivity index is 0.000000461. The van der Waals surface area contributed by atoms with Crippen LogP contribution in [0.25, 0.3) is 0 Å². The molecule has 1 nitrogen and oxygen atoms in total. The Morgan fingerprint density at radius 1 is 1.09 bits per heavy atom. The average molecular weight is 165 g/mol. The lowest BCUT2D eigenvalue weighted by atomic mass is 10.1. The Kier molecular flexibility index (Phi) is 7.79. The summed E-state index contributed by atoms with van der Waals surface area (Å²) in [6.07, 6.45) is 3.86. The summed E-state index contributed by atoms with van der Waals surface area (Å²) < 4.78 is 21.2. The molecule has 0 unspecified atom stereocenters. The number of hydrogen-bond donors (Lipinski definition) is 0. The summed E-state index contributed by atoms with van der Waals surface area (Å²) in [4.78, 5) is 2.20. The average Bonchev–Trinajstić information content (AvgIpc) is 2.11. The Bertz CT molecular complexity index is 69.7. The molecule has 0 aliphatic carbocycles. The van der Waals surface area contributed by atoms with Crippen molar-refractivity contribution in [2.24, 2.45) is 0 Å². The minimum absolute atomic E-state index is 0.181. The Labute approximate surface area is 67.4 Å². The van der Waals surface area contributed by atoms with E-state index in [4.69, 9.17) is 0 Å². The van der Waals surface area contributed by atoms with Gasteiger partial charge in [-0.2, -0.15) is 0 Å². The molecule has 0 aromatic rings. The van der Waals surface area contributed by atoms with Crippen LogP contribution in [0.3, 0.4) is 0 Å². The summed E-state index contributed by atoms with van der Waals surface area (Å²) in [5.41, 5.74) is 0. The molecular weight excluding hydrogens is 148 g/mol. The maximum absolute atomic E-state index is 11.7. The summed E-state index contributed by atoms with van der Waals surface area (Å²) >= 11 is 0. The monoisotopic (exact) mass is 165 g/mol.